The van der Waals surface area contributed by atoms with Crippen LogP contribution in [0.4, 0.5) is 0 Å². The van der Waals surface area contributed by atoms with Crippen molar-refractivity contribution in [1.82, 2.24) is 29.4 Å². The third kappa shape index (κ3) is 3.70. The number of carbonyl (C=O) groups excluding carboxylic acids is 1. The first-order chi connectivity index (χ1) is 16.1. The van der Waals surface area contributed by atoms with E-state index in [9.17, 15) is 4.79 Å². The normalized spacial score (nSPS) is 18.1. The SMILES string of the molecule is N/C(=C\NCc1cn2cc(C3CC3)ccc2n1)C(=O)NC1CCc2c(Cl)ccn3cnc1c23. The van der Waals surface area contributed by atoms with Gasteiger partial charge in [-0.25, -0.2) is 9.97 Å². The first kappa shape index (κ1) is 20.1. The summed E-state index contributed by atoms with van der Waals surface area (Å²) in [7, 11) is 0. The highest BCUT2D eigenvalue weighted by atomic mass is 35.5. The molecule has 0 aliphatic heterocycles. The molecule has 9 heteroatoms. The number of fused-ring (bicyclic) bond motifs is 1. The van der Waals surface area contributed by atoms with E-state index in [1.165, 1.54) is 24.6 Å². The zero-order valence-corrected chi connectivity index (χ0v) is 18.7. The number of aromatic nitrogens is 4. The van der Waals surface area contributed by atoms with Crippen LogP contribution >= 0.6 is 11.6 Å². The highest BCUT2D eigenvalue weighted by Gasteiger charge is 2.27. The van der Waals surface area contributed by atoms with Crippen molar-refractivity contribution in [2.75, 3.05) is 0 Å². The van der Waals surface area contributed by atoms with Crippen molar-refractivity contribution in [3.8, 4) is 0 Å². The third-order valence-electron chi connectivity index (χ3n) is 6.47. The lowest BCUT2D eigenvalue weighted by Gasteiger charge is -2.23. The molecule has 0 radical (unpaired) electrons. The molecular weight excluding hydrogens is 438 g/mol. The molecule has 168 valence electrons. The van der Waals surface area contributed by atoms with Crippen molar-refractivity contribution in [2.45, 2.75) is 44.2 Å². The van der Waals surface area contributed by atoms with E-state index in [1.54, 1.807) is 6.33 Å². The molecule has 1 unspecified atom stereocenters. The molecule has 8 nitrogen and oxygen atoms in total. The Morgan fingerprint density at radius 3 is 2.94 bits per heavy atom. The summed E-state index contributed by atoms with van der Waals surface area (Å²) in [5.41, 5.74) is 12.2. The Morgan fingerprint density at radius 1 is 1.21 bits per heavy atom. The summed E-state index contributed by atoms with van der Waals surface area (Å²) in [5.74, 6) is 0.371. The lowest BCUT2D eigenvalue weighted by molar-refractivity contribution is -0.118. The van der Waals surface area contributed by atoms with Crippen molar-refractivity contribution in [3.63, 3.8) is 0 Å². The fourth-order valence-electron chi connectivity index (χ4n) is 4.59. The maximum Gasteiger partial charge on any atom is 0.269 e. The molecule has 4 heterocycles. The Kier molecular flexibility index (Phi) is 4.76. The number of hydrogen-bond acceptors (Lipinski definition) is 5. The van der Waals surface area contributed by atoms with Crippen molar-refractivity contribution in [1.29, 1.82) is 0 Å². The Labute approximate surface area is 195 Å². The van der Waals surface area contributed by atoms with E-state index in [2.05, 4.69) is 43.3 Å². The second-order valence-corrected chi connectivity index (χ2v) is 9.21. The average molecular weight is 462 g/mol. The Hall–Kier alpha value is -3.52. The molecule has 1 fully saturated rings. The maximum atomic E-state index is 12.7. The predicted molar refractivity (Wildman–Crippen MR) is 126 cm³/mol. The van der Waals surface area contributed by atoms with Gasteiger partial charge in [0.15, 0.2) is 0 Å². The second kappa shape index (κ2) is 7.81. The molecule has 1 amide bonds. The van der Waals surface area contributed by atoms with E-state index in [4.69, 9.17) is 17.3 Å². The molecule has 1 atom stereocenters. The quantitative estimate of drug-likeness (QED) is 0.383. The summed E-state index contributed by atoms with van der Waals surface area (Å²) in [5, 5.41) is 6.84. The number of nitrogens with zero attached hydrogens (tertiary/aromatic N) is 4. The van der Waals surface area contributed by atoms with Crippen molar-refractivity contribution in [2.24, 2.45) is 5.73 Å². The summed E-state index contributed by atoms with van der Waals surface area (Å²) in [6.45, 7) is 0.478. The summed E-state index contributed by atoms with van der Waals surface area (Å²) in [6.07, 6.45) is 13.4. The van der Waals surface area contributed by atoms with Gasteiger partial charge in [-0.05, 0) is 54.9 Å². The smallest absolute Gasteiger partial charge is 0.269 e. The van der Waals surface area contributed by atoms with Gasteiger partial charge in [0.05, 0.1) is 35.8 Å². The molecule has 4 aromatic heterocycles. The van der Waals surface area contributed by atoms with E-state index < -0.39 is 0 Å². The number of nitrogens with two attached hydrogens (primary N) is 1. The van der Waals surface area contributed by atoms with Gasteiger partial charge in [-0.1, -0.05) is 17.7 Å². The first-order valence-corrected chi connectivity index (χ1v) is 11.6. The molecule has 4 aromatic rings. The van der Waals surface area contributed by atoms with Gasteiger partial charge in [0, 0.05) is 29.8 Å². The van der Waals surface area contributed by atoms with Gasteiger partial charge in [0.1, 0.15) is 11.3 Å². The van der Waals surface area contributed by atoms with Crippen molar-refractivity contribution in [3.05, 3.63) is 82.6 Å². The molecule has 0 bridgehead atoms. The van der Waals surface area contributed by atoms with Gasteiger partial charge < -0.3 is 25.2 Å². The largest absolute Gasteiger partial charge is 0.393 e. The molecule has 2 aliphatic carbocycles. The topological polar surface area (TPSA) is 102 Å². The van der Waals surface area contributed by atoms with Crippen LogP contribution in [0.2, 0.25) is 5.02 Å². The minimum atomic E-state index is -0.330. The third-order valence-corrected chi connectivity index (χ3v) is 6.83. The minimum absolute atomic E-state index is 0.113. The lowest BCUT2D eigenvalue weighted by atomic mass is 9.94. The van der Waals surface area contributed by atoms with E-state index in [-0.39, 0.29) is 17.6 Å². The van der Waals surface area contributed by atoms with Gasteiger partial charge in [-0.15, -0.1) is 0 Å². The highest BCUT2D eigenvalue weighted by Crippen LogP contribution is 2.40. The Morgan fingerprint density at radius 2 is 2.09 bits per heavy atom. The molecule has 1 saturated carbocycles. The van der Waals surface area contributed by atoms with Gasteiger partial charge >= 0.3 is 0 Å². The number of pyridine rings is 2. The van der Waals surface area contributed by atoms with E-state index in [1.807, 2.05) is 22.9 Å². The maximum absolute atomic E-state index is 12.7. The Balaban J connectivity index is 1.11. The number of carbonyl (C=O) groups is 1. The molecule has 4 N–H and O–H groups in total. The van der Waals surface area contributed by atoms with E-state index >= 15 is 0 Å². The lowest BCUT2D eigenvalue weighted by Crippen LogP contribution is -2.34. The minimum Gasteiger partial charge on any atom is -0.393 e. The van der Waals surface area contributed by atoms with Gasteiger partial charge in [0.2, 0.25) is 0 Å². The molecule has 0 spiro atoms. The van der Waals surface area contributed by atoms with Crippen LogP contribution in [0, 0.1) is 0 Å². The van der Waals surface area contributed by atoms with Crippen LogP contribution in [0.5, 0.6) is 0 Å². The van der Waals surface area contributed by atoms with Crippen LogP contribution in [0.25, 0.3) is 11.2 Å². The van der Waals surface area contributed by atoms with Crippen LogP contribution in [-0.4, -0.2) is 24.7 Å². The molecule has 2 aliphatic rings. The molecule has 33 heavy (non-hydrogen) atoms. The molecule has 0 aromatic carbocycles. The van der Waals surface area contributed by atoms with Crippen LogP contribution in [0.3, 0.4) is 0 Å². The first-order valence-electron chi connectivity index (χ1n) is 11.2. The summed E-state index contributed by atoms with van der Waals surface area (Å²) >= 11 is 6.36. The van der Waals surface area contributed by atoms with Crippen molar-refractivity contribution >= 4 is 28.7 Å². The summed E-state index contributed by atoms with van der Waals surface area (Å²) < 4.78 is 4.00. The van der Waals surface area contributed by atoms with Crippen LogP contribution in [0.15, 0.2) is 55.0 Å². The van der Waals surface area contributed by atoms with Gasteiger partial charge in [-0.3, -0.25) is 4.79 Å². The number of rotatable bonds is 6. The van der Waals surface area contributed by atoms with Crippen LogP contribution < -0.4 is 16.4 Å². The highest BCUT2D eigenvalue weighted by molar-refractivity contribution is 6.31. The van der Waals surface area contributed by atoms with Crippen LogP contribution in [-0.2, 0) is 17.8 Å². The molecule has 0 saturated heterocycles. The van der Waals surface area contributed by atoms with Gasteiger partial charge in [-0.2, -0.15) is 0 Å². The average Bonchev–Trinajstić information content (AvgIpc) is 3.44. The zero-order chi connectivity index (χ0) is 22.5. The predicted octanol–water partition coefficient (Wildman–Crippen LogP) is 3.21. The summed E-state index contributed by atoms with van der Waals surface area (Å²) in [4.78, 5) is 21.8. The molecular formula is C24H24ClN7O. The number of imidazole rings is 2. The number of halogens is 1. The number of hydrogen-bond donors (Lipinski definition) is 3. The fraction of sp³-hybridized carbons (Fsp3) is 0.292. The molecule has 6 rings (SSSR count). The Bertz CT molecular complexity index is 1420. The fourth-order valence-corrected chi connectivity index (χ4v) is 4.84. The standard InChI is InChI=1S/C24H24ClN7O/c25-18-7-8-31-13-28-22-20(5-4-17(18)23(22)31)30-24(33)19(26)10-27-9-16-12-32-11-15(14-1-2-14)3-6-21(32)29-16/h3,6-8,10-14,20,27H,1-2,4-5,9,26H2,(H,30,33)/b19-10-. The monoisotopic (exact) mass is 461 g/mol. The second-order valence-electron chi connectivity index (χ2n) is 8.81. The van der Waals surface area contributed by atoms with Crippen molar-refractivity contribution < 1.29 is 4.79 Å². The van der Waals surface area contributed by atoms with E-state index in [0.29, 0.717) is 12.5 Å². The number of amides is 1. The van der Waals surface area contributed by atoms with E-state index in [0.717, 1.165) is 46.0 Å². The van der Waals surface area contributed by atoms with Crippen LogP contribution in [0.1, 0.15) is 53.7 Å². The van der Waals surface area contributed by atoms with Gasteiger partial charge in [0.25, 0.3) is 5.91 Å². The number of nitrogens with one attached hydrogen (secondary N) is 2. The number of aryl methyl sites for hydroxylation is 1. The summed E-state index contributed by atoms with van der Waals surface area (Å²) in [6, 6.07) is 5.87. The zero-order valence-electron chi connectivity index (χ0n) is 18.0.